The average molecular weight is 171 g/mol. The van der Waals surface area contributed by atoms with Crippen molar-refractivity contribution >= 4 is 5.91 Å². The Balaban J connectivity index is 1.86. The van der Waals surface area contributed by atoms with Gasteiger partial charge in [-0.05, 0) is 25.7 Å². The summed E-state index contributed by atoms with van der Waals surface area (Å²) in [5.41, 5.74) is 0. The fourth-order valence-electron chi connectivity index (χ4n) is 1.77. The van der Waals surface area contributed by atoms with Gasteiger partial charge in [-0.1, -0.05) is 0 Å². The standard InChI is InChI=1S/C9H14FNO/c10-8-6-7(8)9(12)11-4-2-1-3-5-11/h7-8H,1-6H2/t7?,8-/m0/s1. The molecule has 2 nitrogen and oxygen atoms in total. The highest BCUT2D eigenvalue weighted by molar-refractivity contribution is 5.82. The molecule has 0 aromatic rings. The van der Waals surface area contributed by atoms with Crippen LogP contribution in [0.5, 0.6) is 0 Å². The van der Waals surface area contributed by atoms with Crippen LogP contribution in [-0.4, -0.2) is 30.1 Å². The predicted octanol–water partition coefficient (Wildman–Crippen LogP) is 1.36. The van der Waals surface area contributed by atoms with Gasteiger partial charge in [0, 0.05) is 13.1 Å². The van der Waals surface area contributed by atoms with E-state index in [1.54, 1.807) is 0 Å². The van der Waals surface area contributed by atoms with Crippen molar-refractivity contribution in [3.8, 4) is 0 Å². The van der Waals surface area contributed by atoms with Gasteiger partial charge >= 0.3 is 0 Å². The summed E-state index contributed by atoms with van der Waals surface area (Å²) in [6, 6.07) is 0. The van der Waals surface area contributed by atoms with Gasteiger partial charge in [-0.3, -0.25) is 4.79 Å². The van der Waals surface area contributed by atoms with Gasteiger partial charge in [0.2, 0.25) is 5.91 Å². The summed E-state index contributed by atoms with van der Waals surface area (Å²) >= 11 is 0. The lowest BCUT2D eigenvalue weighted by Gasteiger charge is -2.26. The lowest BCUT2D eigenvalue weighted by molar-refractivity contribution is -0.133. The molecular formula is C9H14FNO. The Hall–Kier alpha value is -0.600. The number of hydrogen-bond donors (Lipinski definition) is 0. The van der Waals surface area contributed by atoms with E-state index in [1.165, 1.54) is 6.42 Å². The summed E-state index contributed by atoms with van der Waals surface area (Å²) < 4.78 is 12.5. The van der Waals surface area contributed by atoms with Gasteiger partial charge in [-0.15, -0.1) is 0 Å². The zero-order valence-corrected chi connectivity index (χ0v) is 7.13. The molecule has 2 fully saturated rings. The molecule has 0 N–H and O–H groups in total. The van der Waals surface area contributed by atoms with Crippen LogP contribution >= 0.6 is 0 Å². The summed E-state index contributed by atoms with van der Waals surface area (Å²) in [4.78, 5) is 13.3. The van der Waals surface area contributed by atoms with Gasteiger partial charge in [-0.25, -0.2) is 4.39 Å². The third-order valence-electron chi connectivity index (χ3n) is 2.70. The lowest BCUT2D eigenvalue weighted by atomic mass is 10.1. The zero-order chi connectivity index (χ0) is 8.55. The Morgan fingerprint density at radius 2 is 1.83 bits per heavy atom. The van der Waals surface area contributed by atoms with Gasteiger partial charge < -0.3 is 4.90 Å². The van der Waals surface area contributed by atoms with Crippen LogP contribution in [0.4, 0.5) is 4.39 Å². The minimum Gasteiger partial charge on any atom is -0.342 e. The van der Waals surface area contributed by atoms with Gasteiger partial charge in [0.05, 0.1) is 5.92 Å². The SMILES string of the molecule is O=C(C1C[C@@H]1F)N1CCCCC1. The highest BCUT2D eigenvalue weighted by atomic mass is 19.1. The molecule has 2 aliphatic rings. The summed E-state index contributed by atoms with van der Waals surface area (Å²) in [5, 5.41) is 0. The number of halogens is 1. The van der Waals surface area contributed by atoms with E-state index < -0.39 is 6.17 Å². The summed E-state index contributed by atoms with van der Waals surface area (Å²) in [6.07, 6.45) is 3.03. The van der Waals surface area contributed by atoms with Gasteiger partial charge in [-0.2, -0.15) is 0 Å². The van der Waals surface area contributed by atoms with Crippen LogP contribution in [0.25, 0.3) is 0 Å². The number of piperidine rings is 1. The highest BCUT2D eigenvalue weighted by Gasteiger charge is 2.45. The first-order chi connectivity index (χ1) is 5.79. The average Bonchev–Trinajstić information content (AvgIpc) is 2.83. The molecule has 0 aromatic carbocycles. The van der Waals surface area contributed by atoms with Gasteiger partial charge in [0.1, 0.15) is 6.17 Å². The highest BCUT2D eigenvalue weighted by Crippen LogP contribution is 2.35. The van der Waals surface area contributed by atoms with E-state index in [1.807, 2.05) is 4.90 Å². The molecule has 1 aliphatic carbocycles. The molecule has 1 aliphatic heterocycles. The minimum absolute atomic E-state index is 0.0576. The normalized spacial score (nSPS) is 34.9. The Bertz CT molecular complexity index is 189. The van der Waals surface area contributed by atoms with Crippen LogP contribution in [0.1, 0.15) is 25.7 Å². The Labute approximate surface area is 71.7 Å². The number of likely N-dealkylation sites (tertiary alicyclic amines) is 1. The molecule has 1 unspecified atom stereocenters. The van der Waals surface area contributed by atoms with Crippen molar-refractivity contribution in [3.05, 3.63) is 0 Å². The van der Waals surface area contributed by atoms with Gasteiger partial charge in [0.15, 0.2) is 0 Å². The smallest absolute Gasteiger partial charge is 0.228 e. The molecule has 2 atom stereocenters. The zero-order valence-electron chi connectivity index (χ0n) is 7.13. The van der Waals surface area contributed by atoms with E-state index >= 15 is 0 Å². The molecule has 0 bridgehead atoms. The third-order valence-corrected chi connectivity index (χ3v) is 2.70. The van der Waals surface area contributed by atoms with Crippen LogP contribution in [0.15, 0.2) is 0 Å². The number of carbonyl (C=O) groups is 1. The summed E-state index contributed by atoms with van der Waals surface area (Å²) in [5.74, 6) is -0.217. The molecule has 2 rings (SSSR count). The predicted molar refractivity (Wildman–Crippen MR) is 43.4 cm³/mol. The summed E-state index contributed by atoms with van der Waals surface area (Å²) in [6.45, 7) is 1.70. The van der Waals surface area contributed by atoms with E-state index in [4.69, 9.17) is 0 Å². The number of rotatable bonds is 1. The first-order valence-corrected chi connectivity index (χ1v) is 4.72. The first kappa shape index (κ1) is 8.02. The molecule has 1 amide bonds. The number of alkyl halides is 1. The number of carbonyl (C=O) groups excluding carboxylic acids is 1. The van der Waals surface area contributed by atoms with Crippen LogP contribution in [0.3, 0.4) is 0 Å². The van der Waals surface area contributed by atoms with Crippen molar-refractivity contribution in [3.63, 3.8) is 0 Å². The lowest BCUT2D eigenvalue weighted by Crippen LogP contribution is -2.37. The van der Waals surface area contributed by atoms with E-state index in [2.05, 4.69) is 0 Å². The molecule has 0 radical (unpaired) electrons. The Kier molecular flexibility index (Phi) is 2.03. The molecule has 68 valence electrons. The molecule has 0 aromatic heterocycles. The Morgan fingerprint density at radius 1 is 1.25 bits per heavy atom. The van der Waals surface area contributed by atoms with Crippen molar-refractivity contribution in [1.82, 2.24) is 4.90 Å². The fraction of sp³-hybridized carbons (Fsp3) is 0.889. The topological polar surface area (TPSA) is 20.3 Å². The van der Waals surface area contributed by atoms with E-state index in [0.29, 0.717) is 6.42 Å². The van der Waals surface area contributed by atoms with Crippen molar-refractivity contribution in [1.29, 1.82) is 0 Å². The van der Waals surface area contributed by atoms with E-state index in [9.17, 15) is 9.18 Å². The molecule has 3 heteroatoms. The molecule has 1 saturated heterocycles. The molecule has 12 heavy (non-hydrogen) atoms. The second kappa shape index (κ2) is 3.04. The molecule has 1 saturated carbocycles. The number of amides is 1. The first-order valence-electron chi connectivity index (χ1n) is 4.72. The van der Waals surface area contributed by atoms with Crippen LogP contribution in [0, 0.1) is 5.92 Å². The Morgan fingerprint density at radius 3 is 2.33 bits per heavy atom. The molecule has 0 spiro atoms. The van der Waals surface area contributed by atoms with Gasteiger partial charge in [0.25, 0.3) is 0 Å². The van der Waals surface area contributed by atoms with Crippen molar-refractivity contribution in [2.75, 3.05) is 13.1 Å². The second-order valence-corrected chi connectivity index (χ2v) is 3.74. The maximum Gasteiger partial charge on any atom is 0.228 e. The summed E-state index contributed by atoms with van der Waals surface area (Å²) in [7, 11) is 0. The van der Waals surface area contributed by atoms with Crippen molar-refractivity contribution < 1.29 is 9.18 Å². The third kappa shape index (κ3) is 1.45. The quantitative estimate of drug-likeness (QED) is 0.583. The monoisotopic (exact) mass is 171 g/mol. The number of hydrogen-bond acceptors (Lipinski definition) is 1. The van der Waals surface area contributed by atoms with Crippen LogP contribution in [0.2, 0.25) is 0 Å². The molecule has 1 heterocycles. The van der Waals surface area contributed by atoms with Crippen LogP contribution < -0.4 is 0 Å². The maximum absolute atomic E-state index is 12.5. The fourth-order valence-corrected chi connectivity index (χ4v) is 1.77. The largest absolute Gasteiger partial charge is 0.342 e. The van der Waals surface area contributed by atoms with Crippen molar-refractivity contribution in [2.24, 2.45) is 5.92 Å². The maximum atomic E-state index is 12.5. The van der Waals surface area contributed by atoms with Crippen LogP contribution in [-0.2, 0) is 4.79 Å². The minimum atomic E-state index is -0.834. The molecular weight excluding hydrogens is 157 g/mol. The van der Waals surface area contributed by atoms with E-state index in [0.717, 1.165) is 25.9 Å². The second-order valence-electron chi connectivity index (χ2n) is 3.74. The number of nitrogens with zero attached hydrogens (tertiary/aromatic N) is 1. The van der Waals surface area contributed by atoms with E-state index in [-0.39, 0.29) is 11.8 Å². The van der Waals surface area contributed by atoms with Crippen molar-refractivity contribution in [2.45, 2.75) is 31.9 Å².